The highest BCUT2D eigenvalue weighted by molar-refractivity contribution is 7.99. The standard InChI is InChI=1S/C12H23NO3S/c1-8(2)10(14)13-9(11(15)16)6-17-7-12(3,4)5/h8-9H,6-7H2,1-5H3,(H,13,14)(H,15,16)/t9-/m1/s1. The predicted octanol–water partition coefficient (Wildman–Crippen LogP) is 1.99. The van der Waals surface area contributed by atoms with E-state index in [4.69, 9.17) is 5.11 Å². The summed E-state index contributed by atoms with van der Waals surface area (Å²) in [5, 5.41) is 11.5. The molecule has 0 saturated heterocycles. The molecule has 0 rings (SSSR count). The third kappa shape index (κ3) is 8.07. The van der Waals surface area contributed by atoms with Gasteiger partial charge in [0.1, 0.15) is 6.04 Å². The zero-order chi connectivity index (χ0) is 13.6. The molecular formula is C12H23NO3S. The first-order valence-electron chi connectivity index (χ1n) is 5.74. The van der Waals surface area contributed by atoms with Crippen LogP contribution >= 0.6 is 11.8 Å². The number of thioether (sulfide) groups is 1. The van der Waals surface area contributed by atoms with Crippen LogP contribution in [0.4, 0.5) is 0 Å². The summed E-state index contributed by atoms with van der Waals surface area (Å²) in [6.45, 7) is 9.79. The second-order valence-electron chi connectivity index (χ2n) is 5.63. The van der Waals surface area contributed by atoms with E-state index in [0.717, 1.165) is 5.75 Å². The highest BCUT2D eigenvalue weighted by atomic mass is 32.2. The van der Waals surface area contributed by atoms with Crippen molar-refractivity contribution < 1.29 is 14.7 Å². The van der Waals surface area contributed by atoms with Crippen LogP contribution in [0.1, 0.15) is 34.6 Å². The Kier molecular flexibility index (Phi) is 6.60. The van der Waals surface area contributed by atoms with Gasteiger partial charge in [-0.25, -0.2) is 4.79 Å². The van der Waals surface area contributed by atoms with Crippen molar-refractivity contribution in [3.05, 3.63) is 0 Å². The molecule has 1 atom stereocenters. The Hall–Kier alpha value is -0.710. The summed E-state index contributed by atoms with van der Waals surface area (Å²) < 4.78 is 0. The number of carboxylic acids is 1. The lowest BCUT2D eigenvalue weighted by Crippen LogP contribution is -2.44. The Morgan fingerprint density at radius 2 is 1.82 bits per heavy atom. The molecule has 4 nitrogen and oxygen atoms in total. The van der Waals surface area contributed by atoms with E-state index in [-0.39, 0.29) is 17.2 Å². The minimum Gasteiger partial charge on any atom is -0.480 e. The minimum absolute atomic E-state index is 0.162. The summed E-state index contributed by atoms with van der Waals surface area (Å²) in [4.78, 5) is 22.4. The summed E-state index contributed by atoms with van der Waals surface area (Å²) in [5.41, 5.74) is 0.162. The Morgan fingerprint density at radius 3 is 2.18 bits per heavy atom. The fourth-order valence-corrected chi connectivity index (χ4v) is 2.19. The fourth-order valence-electron chi connectivity index (χ4n) is 0.996. The third-order valence-electron chi connectivity index (χ3n) is 1.96. The molecule has 0 aliphatic rings. The van der Waals surface area contributed by atoms with Gasteiger partial charge in [0.25, 0.3) is 0 Å². The molecule has 0 aliphatic heterocycles. The second-order valence-corrected chi connectivity index (χ2v) is 6.66. The number of hydrogen-bond acceptors (Lipinski definition) is 3. The maximum atomic E-state index is 11.4. The molecule has 0 saturated carbocycles. The van der Waals surface area contributed by atoms with Gasteiger partial charge >= 0.3 is 5.97 Å². The fraction of sp³-hybridized carbons (Fsp3) is 0.833. The Labute approximate surface area is 108 Å². The van der Waals surface area contributed by atoms with Crippen LogP contribution in [-0.2, 0) is 9.59 Å². The van der Waals surface area contributed by atoms with Crippen molar-refractivity contribution in [1.29, 1.82) is 0 Å². The summed E-state index contributed by atoms with van der Waals surface area (Å²) in [5.74, 6) is -0.0991. The minimum atomic E-state index is -0.972. The van der Waals surface area contributed by atoms with Gasteiger partial charge < -0.3 is 10.4 Å². The van der Waals surface area contributed by atoms with Crippen LogP contribution in [0, 0.1) is 11.3 Å². The maximum absolute atomic E-state index is 11.4. The van der Waals surface area contributed by atoms with Crippen LogP contribution in [0.3, 0.4) is 0 Å². The lowest BCUT2D eigenvalue weighted by molar-refractivity contribution is -0.141. The zero-order valence-electron chi connectivity index (χ0n) is 11.2. The first-order valence-corrected chi connectivity index (χ1v) is 6.90. The smallest absolute Gasteiger partial charge is 0.327 e. The summed E-state index contributed by atoms with van der Waals surface area (Å²) in [6.07, 6.45) is 0. The van der Waals surface area contributed by atoms with Crippen molar-refractivity contribution in [2.75, 3.05) is 11.5 Å². The molecule has 0 unspecified atom stereocenters. The average molecular weight is 261 g/mol. The number of carboxylic acid groups (broad SMARTS) is 1. The molecule has 0 aromatic rings. The van der Waals surface area contributed by atoms with Crippen molar-refractivity contribution in [2.24, 2.45) is 11.3 Å². The molecule has 0 bridgehead atoms. The van der Waals surface area contributed by atoms with E-state index < -0.39 is 12.0 Å². The number of rotatable bonds is 6. The van der Waals surface area contributed by atoms with Crippen molar-refractivity contribution in [2.45, 2.75) is 40.7 Å². The molecule has 0 aromatic heterocycles. The molecule has 5 heteroatoms. The van der Waals surface area contributed by atoms with Crippen LogP contribution in [0.5, 0.6) is 0 Å². The summed E-state index contributed by atoms with van der Waals surface area (Å²) in [7, 11) is 0. The predicted molar refractivity (Wildman–Crippen MR) is 71.2 cm³/mol. The van der Waals surface area contributed by atoms with Crippen LogP contribution in [0.15, 0.2) is 0 Å². The van der Waals surface area contributed by atoms with Gasteiger partial charge in [-0.15, -0.1) is 0 Å². The topological polar surface area (TPSA) is 66.4 Å². The molecule has 0 fully saturated rings. The first-order chi connectivity index (χ1) is 7.63. The average Bonchev–Trinajstić information content (AvgIpc) is 2.13. The van der Waals surface area contributed by atoms with Gasteiger partial charge in [0, 0.05) is 11.7 Å². The highest BCUT2D eigenvalue weighted by Gasteiger charge is 2.22. The molecule has 0 aromatic carbocycles. The van der Waals surface area contributed by atoms with Crippen LogP contribution in [-0.4, -0.2) is 34.5 Å². The van der Waals surface area contributed by atoms with Gasteiger partial charge in [0.05, 0.1) is 0 Å². The van der Waals surface area contributed by atoms with Crippen molar-refractivity contribution in [1.82, 2.24) is 5.32 Å². The van der Waals surface area contributed by atoms with Gasteiger partial charge in [0.2, 0.25) is 5.91 Å². The lowest BCUT2D eigenvalue weighted by Gasteiger charge is -2.20. The van der Waals surface area contributed by atoms with Gasteiger partial charge in [0.15, 0.2) is 0 Å². The van der Waals surface area contributed by atoms with Crippen LogP contribution in [0.25, 0.3) is 0 Å². The molecule has 0 aliphatic carbocycles. The molecule has 17 heavy (non-hydrogen) atoms. The largest absolute Gasteiger partial charge is 0.480 e. The van der Waals surface area contributed by atoms with Gasteiger partial charge in [-0.3, -0.25) is 4.79 Å². The third-order valence-corrected chi connectivity index (χ3v) is 3.60. The number of carbonyl (C=O) groups is 2. The van der Waals surface area contributed by atoms with E-state index >= 15 is 0 Å². The van der Waals surface area contributed by atoms with Crippen molar-refractivity contribution in [3.63, 3.8) is 0 Å². The monoisotopic (exact) mass is 261 g/mol. The summed E-state index contributed by atoms with van der Waals surface area (Å²) in [6, 6.07) is -0.794. The molecule has 100 valence electrons. The first kappa shape index (κ1) is 16.3. The molecule has 0 heterocycles. The van der Waals surface area contributed by atoms with E-state index in [1.54, 1.807) is 25.6 Å². The van der Waals surface area contributed by atoms with Crippen molar-refractivity contribution in [3.8, 4) is 0 Å². The molecule has 1 amide bonds. The Morgan fingerprint density at radius 1 is 1.29 bits per heavy atom. The number of aliphatic carboxylic acids is 1. The van der Waals surface area contributed by atoms with Crippen LogP contribution in [0.2, 0.25) is 0 Å². The lowest BCUT2D eigenvalue weighted by atomic mass is 10.0. The van der Waals surface area contributed by atoms with E-state index in [1.807, 2.05) is 0 Å². The number of nitrogens with one attached hydrogen (secondary N) is 1. The number of amides is 1. The van der Waals surface area contributed by atoms with Gasteiger partial charge in [-0.2, -0.15) is 11.8 Å². The zero-order valence-corrected chi connectivity index (χ0v) is 12.1. The number of carbonyl (C=O) groups excluding carboxylic acids is 1. The van der Waals surface area contributed by atoms with Crippen LogP contribution < -0.4 is 5.32 Å². The molecule has 0 spiro atoms. The van der Waals surface area contributed by atoms with E-state index in [1.165, 1.54) is 0 Å². The Balaban J connectivity index is 4.18. The van der Waals surface area contributed by atoms with E-state index in [0.29, 0.717) is 5.75 Å². The molecule has 2 N–H and O–H groups in total. The SMILES string of the molecule is CC(C)C(=O)N[C@H](CSCC(C)(C)C)C(=O)O. The number of hydrogen-bond donors (Lipinski definition) is 2. The Bertz CT molecular complexity index is 271. The highest BCUT2D eigenvalue weighted by Crippen LogP contribution is 2.20. The normalized spacial score (nSPS) is 13.5. The van der Waals surface area contributed by atoms with Gasteiger partial charge in [-0.1, -0.05) is 34.6 Å². The maximum Gasteiger partial charge on any atom is 0.327 e. The van der Waals surface area contributed by atoms with Crippen molar-refractivity contribution >= 4 is 23.6 Å². The molecular weight excluding hydrogens is 238 g/mol. The second kappa shape index (κ2) is 6.89. The summed E-state index contributed by atoms with van der Waals surface area (Å²) >= 11 is 1.55. The van der Waals surface area contributed by atoms with Gasteiger partial charge in [-0.05, 0) is 11.2 Å². The van der Waals surface area contributed by atoms with E-state index in [9.17, 15) is 9.59 Å². The quantitative estimate of drug-likeness (QED) is 0.767. The van der Waals surface area contributed by atoms with E-state index in [2.05, 4.69) is 26.1 Å². The molecule has 0 radical (unpaired) electrons.